The molecule has 0 amide bonds. The van der Waals surface area contributed by atoms with Gasteiger partial charge in [-0.15, -0.1) is 0 Å². The van der Waals surface area contributed by atoms with E-state index in [0.717, 1.165) is 16.7 Å². The molecule has 0 aliphatic carbocycles. The Morgan fingerprint density at radius 1 is 1.17 bits per heavy atom. The molecule has 18 heavy (non-hydrogen) atoms. The molecular weight excluding hydrogens is 246 g/mol. The van der Waals surface area contributed by atoms with E-state index in [2.05, 4.69) is 0 Å². The van der Waals surface area contributed by atoms with Crippen molar-refractivity contribution in [1.29, 1.82) is 0 Å². The molecule has 0 saturated carbocycles. The van der Waals surface area contributed by atoms with E-state index in [1.807, 2.05) is 36.4 Å². The maximum absolute atomic E-state index is 11.1. The number of ketones is 1. The van der Waals surface area contributed by atoms with Crippen LogP contribution in [0.1, 0.15) is 12.5 Å². The Labute approximate surface area is 111 Å². The average Bonchev–Trinajstić information content (AvgIpc) is 2.32. The lowest BCUT2D eigenvalue weighted by Gasteiger charge is -2.06. The topological polar surface area (TPSA) is 43.1 Å². The summed E-state index contributed by atoms with van der Waals surface area (Å²) < 4.78 is 0. The standard InChI is InChI=1S/C15H14ClNO/c1-10(18)7-11-3-2-4-12(8-11)13-5-6-14(16)15(17)9-13/h2-6,8-9H,7,17H2,1H3. The third-order valence-electron chi connectivity index (χ3n) is 2.71. The van der Waals surface area contributed by atoms with Gasteiger partial charge in [-0.1, -0.05) is 41.9 Å². The zero-order valence-electron chi connectivity index (χ0n) is 10.1. The molecule has 0 aliphatic heterocycles. The van der Waals surface area contributed by atoms with Crippen molar-refractivity contribution in [3.8, 4) is 11.1 Å². The van der Waals surface area contributed by atoms with E-state index in [-0.39, 0.29) is 5.78 Å². The molecule has 0 aliphatic rings. The number of halogens is 1. The minimum absolute atomic E-state index is 0.155. The Kier molecular flexibility index (Phi) is 3.68. The van der Waals surface area contributed by atoms with Gasteiger partial charge in [-0.25, -0.2) is 0 Å². The Balaban J connectivity index is 2.38. The third kappa shape index (κ3) is 2.90. The van der Waals surface area contributed by atoms with Crippen molar-refractivity contribution in [3.05, 3.63) is 53.1 Å². The van der Waals surface area contributed by atoms with Crippen LogP contribution in [0.3, 0.4) is 0 Å². The van der Waals surface area contributed by atoms with Crippen molar-refractivity contribution >= 4 is 23.1 Å². The van der Waals surface area contributed by atoms with Gasteiger partial charge in [0.15, 0.2) is 0 Å². The molecule has 0 spiro atoms. The van der Waals surface area contributed by atoms with Gasteiger partial charge in [0.25, 0.3) is 0 Å². The summed E-state index contributed by atoms with van der Waals surface area (Å²) in [4.78, 5) is 11.1. The summed E-state index contributed by atoms with van der Waals surface area (Å²) in [6.07, 6.45) is 0.455. The Hall–Kier alpha value is -1.80. The quantitative estimate of drug-likeness (QED) is 0.854. The number of carbonyl (C=O) groups excluding carboxylic acids is 1. The van der Waals surface area contributed by atoms with Crippen LogP contribution < -0.4 is 5.73 Å². The Morgan fingerprint density at radius 3 is 2.56 bits per heavy atom. The van der Waals surface area contributed by atoms with Crippen LogP contribution in [0.5, 0.6) is 0 Å². The van der Waals surface area contributed by atoms with Crippen molar-refractivity contribution in [2.75, 3.05) is 5.73 Å². The second kappa shape index (κ2) is 5.23. The van der Waals surface area contributed by atoms with Gasteiger partial charge in [0.05, 0.1) is 10.7 Å². The summed E-state index contributed by atoms with van der Waals surface area (Å²) in [5.74, 6) is 0.155. The highest BCUT2D eigenvalue weighted by molar-refractivity contribution is 6.33. The molecule has 0 heterocycles. The highest BCUT2D eigenvalue weighted by Gasteiger charge is 2.03. The van der Waals surface area contributed by atoms with Gasteiger partial charge in [-0.3, -0.25) is 4.79 Å². The second-order valence-corrected chi connectivity index (χ2v) is 4.72. The van der Waals surface area contributed by atoms with Crippen LogP contribution in [-0.2, 0) is 11.2 Å². The van der Waals surface area contributed by atoms with Gasteiger partial charge in [0, 0.05) is 6.42 Å². The van der Waals surface area contributed by atoms with Crippen molar-refractivity contribution in [1.82, 2.24) is 0 Å². The van der Waals surface area contributed by atoms with E-state index in [0.29, 0.717) is 17.1 Å². The first-order valence-corrected chi connectivity index (χ1v) is 6.08. The lowest BCUT2D eigenvalue weighted by Crippen LogP contribution is -1.96. The van der Waals surface area contributed by atoms with Crippen LogP contribution in [0.15, 0.2) is 42.5 Å². The molecule has 0 bridgehead atoms. The minimum Gasteiger partial charge on any atom is -0.398 e. The number of Topliss-reactive ketones (excluding diaryl/α,β-unsaturated/α-hetero) is 1. The first-order chi connectivity index (χ1) is 8.56. The average molecular weight is 260 g/mol. The lowest BCUT2D eigenvalue weighted by atomic mass is 10.0. The minimum atomic E-state index is 0.155. The largest absolute Gasteiger partial charge is 0.398 e. The molecular formula is C15H14ClNO. The number of hydrogen-bond donors (Lipinski definition) is 1. The molecule has 0 radical (unpaired) electrons. The van der Waals surface area contributed by atoms with Crippen LogP contribution >= 0.6 is 11.6 Å². The van der Waals surface area contributed by atoms with Crippen LogP contribution in [0.25, 0.3) is 11.1 Å². The number of anilines is 1. The van der Waals surface area contributed by atoms with Gasteiger partial charge >= 0.3 is 0 Å². The molecule has 3 heteroatoms. The summed E-state index contributed by atoms with van der Waals surface area (Å²) in [6.45, 7) is 1.59. The van der Waals surface area contributed by atoms with Gasteiger partial charge in [-0.05, 0) is 35.7 Å². The van der Waals surface area contributed by atoms with E-state index in [1.54, 1.807) is 13.0 Å². The Morgan fingerprint density at radius 2 is 1.89 bits per heavy atom. The molecule has 0 atom stereocenters. The molecule has 92 valence electrons. The highest BCUT2D eigenvalue weighted by Crippen LogP contribution is 2.27. The first-order valence-electron chi connectivity index (χ1n) is 5.70. The molecule has 2 nitrogen and oxygen atoms in total. The van der Waals surface area contributed by atoms with Crippen molar-refractivity contribution < 1.29 is 4.79 Å². The van der Waals surface area contributed by atoms with Gasteiger partial charge in [0.1, 0.15) is 5.78 Å². The maximum Gasteiger partial charge on any atom is 0.134 e. The molecule has 0 fully saturated rings. The summed E-state index contributed by atoms with van der Waals surface area (Å²) >= 11 is 5.90. The predicted octanol–water partition coefficient (Wildman–Crippen LogP) is 3.72. The third-order valence-corrected chi connectivity index (χ3v) is 3.05. The van der Waals surface area contributed by atoms with Gasteiger partial charge in [-0.2, -0.15) is 0 Å². The van der Waals surface area contributed by atoms with E-state index in [1.165, 1.54) is 0 Å². The number of hydrogen-bond acceptors (Lipinski definition) is 2. The fourth-order valence-electron chi connectivity index (χ4n) is 1.87. The second-order valence-electron chi connectivity index (χ2n) is 4.32. The Bertz CT molecular complexity index is 593. The van der Waals surface area contributed by atoms with Crippen molar-refractivity contribution in [2.24, 2.45) is 0 Å². The summed E-state index contributed by atoms with van der Waals surface area (Å²) in [5, 5.41) is 0.554. The number of nitrogen functional groups attached to an aromatic ring is 1. The van der Waals surface area contributed by atoms with Crippen LogP contribution in [0.4, 0.5) is 5.69 Å². The molecule has 2 aromatic rings. The SMILES string of the molecule is CC(=O)Cc1cccc(-c2ccc(Cl)c(N)c2)c1. The van der Waals surface area contributed by atoms with Crippen molar-refractivity contribution in [2.45, 2.75) is 13.3 Å². The summed E-state index contributed by atoms with van der Waals surface area (Å²) in [6, 6.07) is 13.4. The van der Waals surface area contributed by atoms with Crippen LogP contribution in [-0.4, -0.2) is 5.78 Å². The number of nitrogens with two attached hydrogens (primary N) is 1. The monoisotopic (exact) mass is 259 g/mol. The van der Waals surface area contributed by atoms with Crippen molar-refractivity contribution in [3.63, 3.8) is 0 Å². The van der Waals surface area contributed by atoms with Gasteiger partial charge in [0.2, 0.25) is 0 Å². The molecule has 0 aromatic heterocycles. The molecule has 2 aromatic carbocycles. The summed E-state index contributed by atoms with van der Waals surface area (Å²) in [5.41, 5.74) is 9.40. The van der Waals surface area contributed by atoms with E-state index >= 15 is 0 Å². The van der Waals surface area contributed by atoms with E-state index in [9.17, 15) is 4.79 Å². The highest BCUT2D eigenvalue weighted by atomic mass is 35.5. The smallest absolute Gasteiger partial charge is 0.134 e. The van der Waals surface area contributed by atoms with Crippen LogP contribution in [0, 0.1) is 0 Å². The molecule has 2 rings (SSSR count). The zero-order chi connectivity index (χ0) is 13.1. The fraction of sp³-hybridized carbons (Fsp3) is 0.133. The van der Waals surface area contributed by atoms with Gasteiger partial charge < -0.3 is 5.73 Å². The predicted molar refractivity (Wildman–Crippen MR) is 75.7 cm³/mol. The van der Waals surface area contributed by atoms with E-state index in [4.69, 9.17) is 17.3 Å². The van der Waals surface area contributed by atoms with E-state index < -0.39 is 0 Å². The number of rotatable bonds is 3. The lowest BCUT2D eigenvalue weighted by molar-refractivity contribution is -0.116. The zero-order valence-corrected chi connectivity index (χ0v) is 10.9. The molecule has 0 unspecified atom stereocenters. The molecule has 2 N–H and O–H groups in total. The van der Waals surface area contributed by atoms with Crippen LogP contribution in [0.2, 0.25) is 5.02 Å². The fourth-order valence-corrected chi connectivity index (χ4v) is 1.99. The number of carbonyl (C=O) groups is 1. The first kappa shape index (κ1) is 12.7. The number of benzene rings is 2. The summed E-state index contributed by atoms with van der Waals surface area (Å²) in [7, 11) is 0. The maximum atomic E-state index is 11.1. The normalized spacial score (nSPS) is 10.3. The molecule has 0 saturated heterocycles.